The highest BCUT2D eigenvalue weighted by Gasteiger charge is 2.49. The first kappa shape index (κ1) is 21.4. The number of halogens is 2. The lowest BCUT2D eigenvalue weighted by molar-refractivity contribution is -0.129. The molecule has 3 rings (SSSR count). The Morgan fingerprint density at radius 2 is 1.93 bits per heavy atom. The molecule has 158 valence electrons. The van der Waals surface area contributed by atoms with Gasteiger partial charge in [0.15, 0.2) is 11.5 Å². The number of hydrogen-bond donors (Lipinski definition) is 1. The summed E-state index contributed by atoms with van der Waals surface area (Å²) in [5.41, 5.74) is 7.56. The molecule has 0 radical (unpaired) electrons. The van der Waals surface area contributed by atoms with E-state index in [1.54, 1.807) is 32.4 Å². The van der Waals surface area contributed by atoms with E-state index in [1.165, 1.54) is 17.0 Å². The minimum atomic E-state index is -2.93. The van der Waals surface area contributed by atoms with Crippen molar-refractivity contribution < 1.29 is 23.0 Å². The van der Waals surface area contributed by atoms with Gasteiger partial charge in [0.25, 0.3) is 5.91 Å². The van der Waals surface area contributed by atoms with E-state index in [0.29, 0.717) is 17.7 Å². The first-order valence-corrected chi connectivity index (χ1v) is 9.25. The quantitative estimate of drug-likeness (QED) is 0.752. The molecule has 0 saturated heterocycles. The lowest BCUT2D eigenvalue weighted by Crippen LogP contribution is -2.41. The number of ether oxygens (including phenoxy) is 2. The lowest BCUT2D eigenvalue weighted by atomic mass is 9.81. The zero-order valence-corrected chi connectivity index (χ0v) is 16.9. The minimum absolute atomic E-state index is 0.00764. The Balaban J connectivity index is 2.13. The third-order valence-electron chi connectivity index (χ3n) is 5.03. The smallest absolute Gasteiger partial charge is 0.387 e. The van der Waals surface area contributed by atoms with Crippen LogP contribution in [0.1, 0.15) is 23.6 Å². The molecule has 8 heteroatoms. The molecule has 0 bridgehead atoms. The fourth-order valence-electron chi connectivity index (χ4n) is 3.38. The van der Waals surface area contributed by atoms with Crippen LogP contribution in [0, 0.1) is 0 Å². The van der Waals surface area contributed by atoms with Crippen LogP contribution in [0.4, 0.5) is 8.78 Å². The van der Waals surface area contributed by atoms with Crippen molar-refractivity contribution in [3.63, 3.8) is 0 Å². The van der Waals surface area contributed by atoms with Crippen LogP contribution in [0.5, 0.6) is 5.75 Å². The Kier molecular flexibility index (Phi) is 6.17. The summed E-state index contributed by atoms with van der Waals surface area (Å²) in [5, 5.41) is 0. The number of nitrogens with two attached hydrogens (primary N) is 1. The number of hydrogen-bond acceptors (Lipinski definition) is 5. The van der Waals surface area contributed by atoms with Gasteiger partial charge in [-0.15, -0.1) is 0 Å². The topological polar surface area (TPSA) is 77.2 Å². The summed E-state index contributed by atoms with van der Waals surface area (Å²) in [7, 11) is 3.16. The summed E-state index contributed by atoms with van der Waals surface area (Å²) in [6, 6.07) is 13.3. The number of methoxy groups -OCH3 is 1. The molecular formula is C22H23F2N3O3. The molecule has 1 heterocycles. The average molecular weight is 415 g/mol. The van der Waals surface area contributed by atoms with Crippen LogP contribution in [0.3, 0.4) is 0 Å². The van der Waals surface area contributed by atoms with Crippen LogP contribution in [-0.4, -0.2) is 44.1 Å². The van der Waals surface area contributed by atoms with Crippen LogP contribution in [0.25, 0.3) is 5.57 Å². The predicted octanol–water partition coefficient (Wildman–Crippen LogP) is 3.37. The van der Waals surface area contributed by atoms with Gasteiger partial charge in [-0.25, -0.2) is 4.99 Å². The fourth-order valence-corrected chi connectivity index (χ4v) is 3.38. The number of carbonyl (C=O) groups is 1. The highest BCUT2D eigenvalue weighted by atomic mass is 19.3. The van der Waals surface area contributed by atoms with Crippen LogP contribution >= 0.6 is 0 Å². The number of likely N-dealkylation sites (N-methyl/N-ethyl adjacent to an activating group) is 1. The van der Waals surface area contributed by atoms with Gasteiger partial charge < -0.3 is 15.2 Å². The van der Waals surface area contributed by atoms with Crippen molar-refractivity contribution in [3.8, 4) is 5.75 Å². The number of alkyl halides is 2. The van der Waals surface area contributed by atoms with Crippen molar-refractivity contribution in [2.75, 3.05) is 20.8 Å². The van der Waals surface area contributed by atoms with E-state index in [9.17, 15) is 13.6 Å². The molecule has 2 aromatic carbocycles. The van der Waals surface area contributed by atoms with Crippen molar-refractivity contribution in [2.24, 2.45) is 10.7 Å². The second kappa shape index (κ2) is 8.62. The maximum Gasteiger partial charge on any atom is 0.387 e. The van der Waals surface area contributed by atoms with Gasteiger partial charge in [0.05, 0.1) is 6.61 Å². The molecule has 1 amide bonds. The summed E-state index contributed by atoms with van der Waals surface area (Å²) in [4.78, 5) is 19.1. The van der Waals surface area contributed by atoms with Crippen LogP contribution < -0.4 is 10.5 Å². The fraction of sp³-hybridized carbons (Fsp3) is 0.273. The van der Waals surface area contributed by atoms with E-state index in [0.717, 1.165) is 11.1 Å². The van der Waals surface area contributed by atoms with Gasteiger partial charge in [-0.1, -0.05) is 36.4 Å². The molecule has 2 aromatic rings. The van der Waals surface area contributed by atoms with Crippen LogP contribution in [0.2, 0.25) is 0 Å². The first-order chi connectivity index (χ1) is 14.3. The molecule has 1 aliphatic rings. The van der Waals surface area contributed by atoms with Gasteiger partial charge in [-0.05, 0) is 47.4 Å². The molecular weight excluding hydrogens is 392 g/mol. The first-order valence-electron chi connectivity index (χ1n) is 9.25. The largest absolute Gasteiger partial charge is 0.435 e. The third kappa shape index (κ3) is 3.91. The molecule has 30 heavy (non-hydrogen) atoms. The third-order valence-corrected chi connectivity index (χ3v) is 5.03. The van der Waals surface area contributed by atoms with E-state index in [4.69, 9.17) is 10.5 Å². The number of rotatable bonds is 7. The van der Waals surface area contributed by atoms with Gasteiger partial charge in [0.1, 0.15) is 5.75 Å². The number of guanidine groups is 1. The van der Waals surface area contributed by atoms with Crippen molar-refractivity contribution in [1.29, 1.82) is 0 Å². The van der Waals surface area contributed by atoms with Gasteiger partial charge >= 0.3 is 6.61 Å². The van der Waals surface area contributed by atoms with E-state index in [1.807, 2.05) is 31.2 Å². The molecule has 6 nitrogen and oxygen atoms in total. The predicted molar refractivity (Wildman–Crippen MR) is 110 cm³/mol. The molecule has 1 unspecified atom stereocenters. The van der Waals surface area contributed by atoms with E-state index < -0.39 is 12.2 Å². The van der Waals surface area contributed by atoms with Crippen molar-refractivity contribution in [2.45, 2.75) is 19.1 Å². The number of amides is 1. The standard InChI is InChI=1S/C22H23F2N3O3/c1-14(11-12-29-3)15-5-4-6-17(13-15)22(19(28)27(2)21(25)26-22)16-7-9-18(10-8-16)30-20(23)24/h4-11,13,20H,12H2,1-3H3,(H2,25,26). The maximum absolute atomic E-state index is 13.3. The number of nitrogens with zero attached hydrogens (tertiary/aromatic N) is 2. The van der Waals surface area contributed by atoms with Crippen LogP contribution in [0.15, 0.2) is 59.6 Å². The zero-order valence-electron chi connectivity index (χ0n) is 16.9. The normalized spacial score (nSPS) is 19.4. The van der Waals surface area contributed by atoms with Gasteiger partial charge in [-0.3, -0.25) is 9.69 Å². The molecule has 0 fully saturated rings. The highest BCUT2D eigenvalue weighted by molar-refractivity contribution is 6.09. The van der Waals surface area contributed by atoms with E-state index >= 15 is 0 Å². The monoisotopic (exact) mass is 415 g/mol. The highest BCUT2D eigenvalue weighted by Crippen LogP contribution is 2.40. The van der Waals surface area contributed by atoms with Gasteiger partial charge in [0.2, 0.25) is 0 Å². The Labute approximate surface area is 173 Å². The number of aliphatic imine (C=N–C) groups is 1. The second-order valence-electron chi connectivity index (χ2n) is 6.87. The van der Waals surface area contributed by atoms with Crippen molar-refractivity contribution >= 4 is 17.4 Å². The Hall–Kier alpha value is -3.26. The zero-order chi connectivity index (χ0) is 21.9. The van der Waals surface area contributed by atoms with E-state index in [2.05, 4.69) is 9.73 Å². The summed E-state index contributed by atoms with van der Waals surface area (Å²) in [5.74, 6) is -0.269. The molecule has 0 spiro atoms. The molecule has 1 atom stereocenters. The maximum atomic E-state index is 13.3. The number of carbonyl (C=O) groups excluding carboxylic acids is 1. The van der Waals surface area contributed by atoms with E-state index in [-0.39, 0.29) is 17.6 Å². The average Bonchev–Trinajstić information content (AvgIpc) is 2.97. The van der Waals surface area contributed by atoms with Crippen molar-refractivity contribution in [1.82, 2.24) is 4.90 Å². The number of benzene rings is 2. The second-order valence-corrected chi connectivity index (χ2v) is 6.87. The lowest BCUT2D eigenvalue weighted by Gasteiger charge is -2.26. The Morgan fingerprint density at radius 3 is 2.50 bits per heavy atom. The summed E-state index contributed by atoms with van der Waals surface area (Å²) < 4.78 is 34.5. The minimum Gasteiger partial charge on any atom is -0.435 e. The Morgan fingerprint density at radius 1 is 1.23 bits per heavy atom. The Bertz CT molecular complexity index is 989. The SMILES string of the molecule is COCC=C(C)c1cccc(C2(c3ccc(OC(F)F)cc3)N=C(N)N(C)C2=O)c1. The van der Waals surface area contributed by atoms with Gasteiger partial charge in [0, 0.05) is 14.2 Å². The molecule has 2 N–H and O–H groups in total. The summed E-state index contributed by atoms with van der Waals surface area (Å²) in [6.07, 6.45) is 1.93. The van der Waals surface area contributed by atoms with Crippen molar-refractivity contribution in [3.05, 3.63) is 71.3 Å². The molecule has 0 saturated carbocycles. The number of allylic oxidation sites excluding steroid dienone is 1. The van der Waals surface area contributed by atoms with Crippen LogP contribution in [-0.2, 0) is 15.1 Å². The summed E-state index contributed by atoms with van der Waals surface area (Å²) in [6.45, 7) is -0.530. The molecule has 0 aliphatic carbocycles. The van der Waals surface area contributed by atoms with Gasteiger partial charge in [-0.2, -0.15) is 8.78 Å². The molecule has 1 aliphatic heterocycles. The summed E-state index contributed by atoms with van der Waals surface area (Å²) >= 11 is 0. The molecule has 0 aromatic heterocycles.